The number of hydrogen-bond donors (Lipinski definition) is 2. The van der Waals surface area contributed by atoms with Crippen molar-refractivity contribution < 1.29 is 17.6 Å². The quantitative estimate of drug-likeness (QED) is 0.679. The lowest BCUT2D eigenvalue weighted by molar-refractivity contribution is 0.0948. The van der Waals surface area contributed by atoms with Gasteiger partial charge in [0.2, 0.25) is 0 Å². The first-order valence-electron chi connectivity index (χ1n) is 8.36. The minimum absolute atomic E-state index is 0.0636. The van der Waals surface area contributed by atoms with E-state index >= 15 is 0 Å². The summed E-state index contributed by atoms with van der Waals surface area (Å²) in [5.74, 6) is 0.238. The molecule has 140 valence electrons. The van der Waals surface area contributed by atoms with Crippen molar-refractivity contribution in [2.45, 2.75) is 25.3 Å². The van der Waals surface area contributed by atoms with E-state index in [0.717, 1.165) is 5.56 Å². The van der Waals surface area contributed by atoms with Gasteiger partial charge >= 0.3 is 0 Å². The average molecular weight is 384 g/mol. The maximum Gasteiger partial charge on any atom is 0.262 e. The lowest BCUT2D eigenvalue weighted by Crippen LogP contribution is -2.23. The summed E-state index contributed by atoms with van der Waals surface area (Å²) in [5, 5.41) is 2.71. The van der Waals surface area contributed by atoms with Gasteiger partial charge in [0, 0.05) is 11.3 Å². The molecule has 1 heterocycles. The number of benzene rings is 2. The summed E-state index contributed by atoms with van der Waals surface area (Å²) >= 11 is 0. The fraction of sp³-hybridized carbons (Fsp3) is 0.150. The van der Waals surface area contributed by atoms with Gasteiger partial charge in [-0.25, -0.2) is 8.42 Å². The summed E-state index contributed by atoms with van der Waals surface area (Å²) in [5.41, 5.74) is 2.31. The number of aryl methyl sites for hydroxylation is 2. The minimum atomic E-state index is -3.82. The molecule has 7 heteroatoms. The van der Waals surface area contributed by atoms with Gasteiger partial charge in [0.05, 0.1) is 17.7 Å². The fourth-order valence-corrected chi connectivity index (χ4v) is 3.88. The van der Waals surface area contributed by atoms with Crippen LogP contribution in [0.3, 0.4) is 0 Å². The molecule has 3 aromatic rings. The average Bonchev–Trinajstić information content (AvgIpc) is 3.15. The predicted octanol–water partition coefficient (Wildman–Crippen LogP) is 3.63. The van der Waals surface area contributed by atoms with Crippen molar-refractivity contribution >= 4 is 21.6 Å². The Balaban J connectivity index is 1.81. The SMILES string of the molecule is Cc1ccc(NS(=O)(=O)c2cc(C(=O)NCc3ccco3)ccc2C)cc1. The highest BCUT2D eigenvalue weighted by molar-refractivity contribution is 7.92. The molecule has 6 nitrogen and oxygen atoms in total. The monoisotopic (exact) mass is 384 g/mol. The fourth-order valence-electron chi connectivity index (χ4n) is 2.55. The van der Waals surface area contributed by atoms with E-state index in [1.54, 1.807) is 43.3 Å². The van der Waals surface area contributed by atoms with Crippen LogP contribution in [0.1, 0.15) is 27.2 Å². The van der Waals surface area contributed by atoms with Gasteiger partial charge in [-0.1, -0.05) is 23.8 Å². The number of nitrogens with one attached hydrogen (secondary N) is 2. The lowest BCUT2D eigenvalue weighted by atomic mass is 10.1. The van der Waals surface area contributed by atoms with E-state index in [2.05, 4.69) is 10.0 Å². The van der Waals surface area contributed by atoms with E-state index in [-0.39, 0.29) is 22.9 Å². The molecular formula is C20H20N2O4S. The molecule has 27 heavy (non-hydrogen) atoms. The number of sulfonamides is 1. The molecule has 0 bridgehead atoms. The van der Waals surface area contributed by atoms with Gasteiger partial charge in [-0.05, 0) is 55.8 Å². The zero-order valence-corrected chi connectivity index (χ0v) is 15.8. The van der Waals surface area contributed by atoms with Gasteiger partial charge in [-0.3, -0.25) is 9.52 Å². The predicted molar refractivity (Wildman–Crippen MR) is 103 cm³/mol. The van der Waals surface area contributed by atoms with Crippen LogP contribution < -0.4 is 10.0 Å². The topological polar surface area (TPSA) is 88.4 Å². The van der Waals surface area contributed by atoms with Crippen LogP contribution in [0.4, 0.5) is 5.69 Å². The summed E-state index contributed by atoms with van der Waals surface area (Å²) in [6.07, 6.45) is 1.52. The van der Waals surface area contributed by atoms with Crippen molar-refractivity contribution in [1.82, 2.24) is 5.32 Å². The number of rotatable bonds is 6. The van der Waals surface area contributed by atoms with Crippen LogP contribution in [0.2, 0.25) is 0 Å². The van der Waals surface area contributed by atoms with Gasteiger partial charge in [0.15, 0.2) is 0 Å². The lowest BCUT2D eigenvalue weighted by Gasteiger charge is -2.12. The second-order valence-corrected chi connectivity index (χ2v) is 7.86. The molecule has 0 aliphatic rings. The standard InChI is InChI=1S/C20H20N2O4S/c1-14-5-9-17(10-6-14)22-27(24,25)19-12-16(8-7-15(19)2)20(23)21-13-18-4-3-11-26-18/h3-12,22H,13H2,1-2H3,(H,21,23). The molecule has 0 saturated heterocycles. The van der Waals surface area contributed by atoms with E-state index in [1.165, 1.54) is 12.3 Å². The second-order valence-electron chi connectivity index (χ2n) is 6.21. The number of anilines is 1. The molecule has 0 fully saturated rings. The molecule has 3 rings (SSSR count). The Bertz CT molecular complexity index is 1040. The van der Waals surface area contributed by atoms with E-state index in [4.69, 9.17) is 4.42 Å². The number of carbonyl (C=O) groups is 1. The van der Waals surface area contributed by atoms with Crippen LogP contribution in [-0.2, 0) is 16.6 Å². The maximum absolute atomic E-state index is 12.8. The van der Waals surface area contributed by atoms with Crippen LogP contribution in [-0.4, -0.2) is 14.3 Å². The summed E-state index contributed by atoms with van der Waals surface area (Å²) < 4.78 is 33.3. The molecule has 0 radical (unpaired) electrons. The molecule has 0 saturated carbocycles. The third-order valence-corrected chi connectivity index (χ3v) is 5.57. The van der Waals surface area contributed by atoms with Crippen molar-refractivity contribution in [3.8, 4) is 0 Å². The second kappa shape index (κ2) is 7.67. The number of hydrogen-bond acceptors (Lipinski definition) is 4. The van der Waals surface area contributed by atoms with Crippen molar-refractivity contribution in [3.05, 3.63) is 83.3 Å². The Kier molecular flexibility index (Phi) is 5.32. The van der Waals surface area contributed by atoms with Crippen LogP contribution in [0.15, 0.2) is 70.2 Å². The number of carbonyl (C=O) groups excluding carboxylic acids is 1. The Labute approximate surface area is 158 Å². The Morgan fingerprint density at radius 3 is 2.44 bits per heavy atom. The Morgan fingerprint density at radius 1 is 1.04 bits per heavy atom. The zero-order chi connectivity index (χ0) is 19.4. The Hall–Kier alpha value is -3.06. The third kappa shape index (κ3) is 4.57. The van der Waals surface area contributed by atoms with Crippen molar-refractivity contribution in [1.29, 1.82) is 0 Å². The molecule has 2 N–H and O–H groups in total. The van der Waals surface area contributed by atoms with Crippen molar-refractivity contribution in [3.63, 3.8) is 0 Å². The molecule has 0 unspecified atom stereocenters. The molecule has 0 aliphatic carbocycles. The normalized spacial score (nSPS) is 11.2. The number of furan rings is 1. The first-order chi connectivity index (χ1) is 12.8. The summed E-state index contributed by atoms with van der Waals surface area (Å²) in [6, 6.07) is 15.1. The van der Waals surface area contributed by atoms with Gasteiger partial charge in [0.1, 0.15) is 5.76 Å². The third-order valence-electron chi connectivity index (χ3n) is 4.05. The first kappa shape index (κ1) is 18.7. The van der Waals surface area contributed by atoms with Crippen LogP contribution >= 0.6 is 0 Å². The van der Waals surface area contributed by atoms with E-state index in [0.29, 0.717) is 17.0 Å². The van der Waals surface area contributed by atoms with E-state index in [9.17, 15) is 13.2 Å². The summed E-state index contributed by atoms with van der Waals surface area (Å²) in [6.45, 7) is 3.84. The Morgan fingerprint density at radius 2 is 1.78 bits per heavy atom. The van der Waals surface area contributed by atoms with Crippen molar-refractivity contribution in [2.24, 2.45) is 0 Å². The summed E-state index contributed by atoms with van der Waals surface area (Å²) in [4.78, 5) is 12.4. The smallest absolute Gasteiger partial charge is 0.262 e. The molecular weight excluding hydrogens is 364 g/mol. The molecule has 0 aliphatic heterocycles. The van der Waals surface area contributed by atoms with Crippen molar-refractivity contribution in [2.75, 3.05) is 4.72 Å². The van der Waals surface area contributed by atoms with Gasteiger partial charge in [-0.2, -0.15) is 0 Å². The van der Waals surface area contributed by atoms with Crippen LogP contribution in [0.5, 0.6) is 0 Å². The number of amides is 1. The van der Waals surface area contributed by atoms with E-state index in [1.807, 2.05) is 19.1 Å². The zero-order valence-electron chi connectivity index (χ0n) is 15.0. The molecule has 2 aromatic carbocycles. The highest BCUT2D eigenvalue weighted by Gasteiger charge is 2.19. The molecule has 0 spiro atoms. The summed E-state index contributed by atoms with van der Waals surface area (Å²) in [7, 11) is -3.82. The van der Waals surface area contributed by atoms with E-state index < -0.39 is 10.0 Å². The highest BCUT2D eigenvalue weighted by Crippen LogP contribution is 2.21. The van der Waals surface area contributed by atoms with Gasteiger partial charge in [0.25, 0.3) is 15.9 Å². The highest BCUT2D eigenvalue weighted by atomic mass is 32.2. The molecule has 0 atom stereocenters. The largest absolute Gasteiger partial charge is 0.467 e. The molecule has 1 amide bonds. The van der Waals surface area contributed by atoms with Gasteiger partial charge < -0.3 is 9.73 Å². The van der Waals surface area contributed by atoms with Crippen LogP contribution in [0.25, 0.3) is 0 Å². The minimum Gasteiger partial charge on any atom is -0.467 e. The first-order valence-corrected chi connectivity index (χ1v) is 9.84. The maximum atomic E-state index is 12.8. The van der Waals surface area contributed by atoms with Gasteiger partial charge in [-0.15, -0.1) is 0 Å². The van der Waals surface area contributed by atoms with Crippen LogP contribution in [0, 0.1) is 13.8 Å². The molecule has 1 aromatic heterocycles.